The zero-order valence-corrected chi connectivity index (χ0v) is 16.0. The van der Waals surface area contributed by atoms with Gasteiger partial charge >= 0.3 is 0 Å². The van der Waals surface area contributed by atoms with Crippen LogP contribution in [-0.4, -0.2) is 54.3 Å². The average molecular weight is 398 g/mol. The molecule has 2 amide bonds. The van der Waals surface area contributed by atoms with Crippen LogP contribution in [0.15, 0.2) is 42.5 Å². The molecule has 0 bridgehead atoms. The smallest absolute Gasteiger partial charge is 0.253 e. The lowest BCUT2D eigenvalue weighted by Crippen LogP contribution is -2.30. The Morgan fingerprint density at radius 2 is 2.00 bits per heavy atom. The molecule has 1 aliphatic carbocycles. The summed E-state index contributed by atoms with van der Waals surface area (Å²) in [5, 5.41) is 9.29. The third-order valence-corrected chi connectivity index (χ3v) is 5.85. The number of rotatable bonds is 6. The molecule has 0 radical (unpaired) electrons. The van der Waals surface area contributed by atoms with Crippen LogP contribution < -0.4 is 10.5 Å². The normalized spacial score (nSPS) is 24.5. The SMILES string of the molecule is CN(C(=O)c1cc(C(N)=O)c2c(c1)[C@H](c1ccccc1)[C@@H](CF)O2)[C@H]1C[C@@H]1CO. The summed E-state index contributed by atoms with van der Waals surface area (Å²) < 4.78 is 19.5. The number of benzene rings is 2. The number of carbonyl (C=O) groups excluding carboxylic acids is 2. The number of carbonyl (C=O) groups is 2. The molecule has 7 heteroatoms. The van der Waals surface area contributed by atoms with Crippen molar-refractivity contribution in [2.24, 2.45) is 11.7 Å². The monoisotopic (exact) mass is 398 g/mol. The van der Waals surface area contributed by atoms with Crippen LogP contribution in [0.4, 0.5) is 4.39 Å². The van der Waals surface area contributed by atoms with Crippen molar-refractivity contribution in [3.63, 3.8) is 0 Å². The van der Waals surface area contributed by atoms with E-state index in [0.717, 1.165) is 12.0 Å². The molecule has 0 unspecified atom stereocenters. The third kappa shape index (κ3) is 3.35. The van der Waals surface area contributed by atoms with Crippen LogP contribution in [0.25, 0.3) is 0 Å². The van der Waals surface area contributed by atoms with Crippen LogP contribution in [0, 0.1) is 5.92 Å². The second-order valence-corrected chi connectivity index (χ2v) is 7.67. The van der Waals surface area contributed by atoms with E-state index in [1.807, 2.05) is 30.3 Å². The summed E-state index contributed by atoms with van der Waals surface area (Å²) in [5.74, 6) is -1.13. The van der Waals surface area contributed by atoms with Gasteiger partial charge in [-0.15, -0.1) is 0 Å². The highest BCUT2D eigenvalue weighted by atomic mass is 19.1. The molecule has 3 N–H and O–H groups in total. The molecule has 152 valence electrons. The van der Waals surface area contributed by atoms with Crippen molar-refractivity contribution < 1.29 is 23.8 Å². The van der Waals surface area contributed by atoms with Crippen molar-refractivity contribution in [3.8, 4) is 5.75 Å². The summed E-state index contributed by atoms with van der Waals surface area (Å²) >= 11 is 0. The van der Waals surface area contributed by atoms with Crippen molar-refractivity contribution in [1.29, 1.82) is 0 Å². The zero-order valence-electron chi connectivity index (χ0n) is 16.0. The maximum atomic E-state index is 13.8. The first kappa shape index (κ1) is 19.4. The van der Waals surface area contributed by atoms with Crippen molar-refractivity contribution in [2.75, 3.05) is 20.3 Å². The summed E-state index contributed by atoms with van der Waals surface area (Å²) in [6, 6.07) is 12.4. The number of hydrogen-bond donors (Lipinski definition) is 2. The molecule has 4 atom stereocenters. The van der Waals surface area contributed by atoms with Crippen LogP contribution >= 0.6 is 0 Å². The minimum atomic E-state index is -0.796. The molecule has 4 rings (SSSR count). The Morgan fingerprint density at radius 3 is 2.59 bits per heavy atom. The molecule has 2 aromatic carbocycles. The van der Waals surface area contributed by atoms with Gasteiger partial charge in [-0.2, -0.15) is 0 Å². The highest BCUT2D eigenvalue weighted by molar-refractivity contribution is 6.02. The number of amides is 2. The fraction of sp³-hybridized carbons (Fsp3) is 0.364. The number of ether oxygens (including phenoxy) is 1. The highest BCUT2D eigenvalue weighted by Gasteiger charge is 2.43. The zero-order chi connectivity index (χ0) is 20.7. The standard InChI is InChI=1S/C22H23FN2O4/c1-25(17-9-14(17)11-26)22(28)13-7-15-19(12-5-3-2-4-6-12)18(10-23)29-20(15)16(8-13)21(24)27/h2-8,14,17-19,26H,9-11H2,1H3,(H2,24,27)/t14-,17+,18-,19+/m1/s1. The van der Waals surface area contributed by atoms with E-state index in [1.165, 1.54) is 6.07 Å². The number of hydrogen-bond acceptors (Lipinski definition) is 4. The number of fused-ring (bicyclic) bond motifs is 1. The van der Waals surface area contributed by atoms with E-state index in [2.05, 4.69) is 0 Å². The van der Waals surface area contributed by atoms with E-state index in [1.54, 1.807) is 18.0 Å². The summed E-state index contributed by atoms with van der Waals surface area (Å²) in [4.78, 5) is 26.7. The van der Waals surface area contributed by atoms with Gasteiger partial charge in [-0.05, 0) is 24.1 Å². The van der Waals surface area contributed by atoms with E-state index in [-0.39, 0.29) is 35.8 Å². The predicted molar refractivity (Wildman–Crippen MR) is 105 cm³/mol. The highest BCUT2D eigenvalue weighted by Crippen LogP contribution is 2.45. The van der Waals surface area contributed by atoms with Crippen molar-refractivity contribution in [1.82, 2.24) is 4.90 Å². The van der Waals surface area contributed by atoms with Gasteiger partial charge in [0.2, 0.25) is 0 Å². The minimum absolute atomic E-state index is 0.0289. The van der Waals surface area contributed by atoms with Crippen LogP contribution in [-0.2, 0) is 0 Å². The fourth-order valence-electron chi connectivity index (χ4n) is 4.17. The fourth-order valence-corrected chi connectivity index (χ4v) is 4.17. The van der Waals surface area contributed by atoms with E-state index >= 15 is 0 Å². The Kier molecular flexibility index (Phi) is 5.00. The maximum absolute atomic E-state index is 13.8. The maximum Gasteiger partial charge on any atom is 0.253 e. The molecular formula is C22H23FN2O4. The van der Waals surface area contributed by atoms with Crippen LogP contribution in [0.2, 0.25) is 0 Å². The summed E-state index contributed by atoms with van der Waals surface area (Å²) in [6.07, 6.45) is -0.0535. The molecule has 1 fully saturated rings. The van der Waals surface area contributed by atoms with Gasteiger partial charge in [0.15, 0.2) is 0 Å². The number of nitrogens with zero attached hydrogens (tertiary/aromatic N) is 1. The van der Waals surface area contributed by atoms with Gasteiger partial charge in [0.1, 0.15) is 18.5 Å². The first-order chi connectivity index (χ1) is 14.0. The number of aliphatic hydroxyl groups is 1. The van der Waals surface area contributed by atoms with E-state index < -0.39 is 24.6 Å². The van der Waals surface area contributed by atoms with Crippen LogP contribution in [0.3, 0.4) is 0 Å². The Morgan fingerprint density at radius 1 is 1.28 bits per heavy atom. The number of aliphatic hydroxyl groups excluding tert-OH is 1. The second kappa shape index (κ2) is 7.48. The van der Waals surface area contributed by atoms with Crippen LogP contribution in [0.1, 0.15) is 44.2 Å². The van der Waals surface area contributed by atoms with Gasteiger partial charge in [-0.25, -0.2) is 4.39 Å². The molecule has 2 aromatic rings. The molecule has 0 saturated heterocycles. The molecule has 0 spiro atoms. The van der Waals surface area contributed by atoms with E-state index in [0.29, 0.717) is 11.1 Å². The Bertz CT molecular complexity index is 949. The van der Waals surface area contributed by atoms with Gasteiger partial charge in [-0.3, -0.25) is 9.59 Å². The summed E-state index contributed by atoms with van der Waals surface area (Å²) in [6.45, 7) is -0.711. The molecule has 0 aromatic heterocycles. The van der Waals surface area contributed by atoms with Gasteiger partial charge in [-0.1, -0.05) is 30.3 Å². The number of primary amides is 1. The Labute approximate surface area is 168 Å². The molecular weight excluding hydrogens is 375 g/mol. The lowest BCUT2D eigenvalue weighted by atomic mass is 9.86. The Hall–Kier alpha value is -2.93. The Balaban J connectivity index is 1.78. The van der Waals surface area contributed by atoms with E-state index in [9.17, 15) is 19.1 Å². The predicted octanol–water partition coefficient (Wildman–Crippen LogP) is 2.10. The third-order valence-electron chi connectivity index (χ3n) is 5.85. The lowest BCUT2D eigenvalue weighted by molar-refractivity contribution is 0.0772. The first-order valence-corrected chi connectivity index (χ1v) is 9.59. The largest absolute Gasteiger partial charge is 0.486 e. The topological polar surface area (TPSA) is 92.9 Å². The molecule has 29 heavy (non-hydrogen) atoms. The van der Waals surface area contributed by atoms with Gasteiger partial charge < -0.3 is 20.5 Å². The van der Waals surface area contributed by atoms with Crippen LogP contribution in [0.5, 0.6) is 5.75 Å². The number of nitrogens with two attached hydrogens (primary N) is 1. The van der Waals surface area contributed by atoms with Gasteiger partial charge in [0.05, 0.1) is 11.5 Å². The van der Waals surface area contributed by atoms with Gasteiger partial charge in [0, 0.05) is 36.7 Å². The molecule has 1 saturated carbocycles. The quantitative estimate of drug-likeness (QED) is 0.779. The van der Waals surface area contributed by atoms with Gasteiger partial charge in [0.25, 0.3) is 11.8 Å². The summed E-state index contributed by atoms with van der Waals surface area (Å²) in [7, 11) is 1.68. The van der Waals surface area contributed by atoms with Crippen molar-refractivity contribution in [3.05, 3.63) is 64.7 Å². The minimum Gasteiger partial charge on any atom is -0.486 e. The molecule has 1 aliphatic heterocycles. The average Bonchev–Trinajstić information content (AvgIpc) is 3.44. The molecule has 1 heterocycles. The second-order valence-electron chi connectivity index (χ2n) is 7.67. The van der Waals surface area contributed by atoms with Crippen molar-refractivity contribution in [2.45, 2.75) is 24.5 Å². The number of halogens is 1. The summed E-state index contributed by atoms with van der Waals surface area (Å²) in [5.41, 5.74) is 7.34. The molecule has 6 nitrogen and oxygen atoms in total. The van der Waals surface area contributed by atoms with E-state index in [4.69, 9.17) is 10.5 Å². The molecule has 2 aliphatic rings. The first-order valence-electron chi connectivity index (χ1n) is 9.59. The lowest BCUT2D eigenvalue weighted by Gasteiger charge is -2.19. The van der Waals surface area contributed by atoms with Crippen molar-refractivity contribution >= 4 is 11.8 Å². The number of alkyl halides is 1.